The fraction of sp³-hybridized carbons (Fsp3) is 0.562. The minimum Gasteiger partial charge on any atom is -0.378 e. The van der Waals surface area contributed by atoms with E-state index in [-0.39, 0.29) is 0 Å². The Balaban J connectivity index is 1.96. The maximum atomic E-state index is 5.46. The molecule has 5 nitrogen and oxygen atoms in total. The fourth-order valence-corrected chi connectivity index (χ4v) is 2.86. The maximum Gasteiger partial charge on any atom is 0.201 e. The van der Waals surface area contributed by atoms with Crippen LogP contribution in [0.3, 0.4) is 0 Å². The average molecular weight is 288 g/mol. The fourth-order valence-electron chi connectivity index (χ4n) is 2.86. The minimum atomic E-state index is 0.795. The van der Waals surface area contributed by atoms with Crippen molar-refractivity contribution in [3.05, 3.63) is 23.8 Å². The third-order valence-electron chi connectivity index (χ3n) is 4.16. The molecule has 2 heterocycles. The molecule has 114 valence electrons. The zero-order valence-electron chi connectivity index (χ0n) is 13.2. The molecule has 0 saturated carbocycles. The monoisotopic (exact) mass is 288 g/mol. The van der Waals surface area contributed by atoms with E-state index in [0.29, 0.717) is 0 Å². The Morgan fingerprint density at radius 2 is 1.67 bits per heavy atom. The third kappa shape index (κ3) is 2.97. The molecule has 1 aromatic carbocycles. The molecule has 2 aliphatic rings. The van der Waals surface area contributed by atoms with Crippen molar-refractivity contribution in [3.8, 4) is 0 Å². The van der Waals surface area contributed by atoms with Gasteiger partial charge in [-0.25, -0.2) is 4.99 Å². The smallest absolute Gasteiger partial charge is 0.201 e. The molecule has 1 aromatic rings. The van der Waals surface area contributed by atoms with E-state index in [1.165, 1.54) is 11.3 Å². The number of ether oxygens (including phenoxy) is 1. The van der Waals surface area contributed by atoms with Crippen LogP contribution in [0.25, 0.3) is 0 Å². The zero-order valence-corrected chi connectivity index (χ0v) is 13.2. The molecule has 0 amide bonds. The van der Waals surface area contributed by atoms with E-state index in [4.69, 9.17) is 9.73 Å². The van der Waals surface area contributed by atoms with Gasteiger partial charge in [-0.05, 0) is 24.6 Å². The number of nitrogens with zero attached hydrogens (tertiary/aromatic N) is 4. The highest BCUT2D eigenvalue weighted by Crippen LogP contribution is 2.31. The first-order valence-corrected chi connectivity index (χ1v) is 7.59. The number of guanidine groups is 1. The van der Waals surface area contributed by atoms with Crippen molar-refractivity contribution in [1.29, 1.82) is 0 Å². The van der Waals surface area contributed by atoms with Crippen LogP contribution in [0, 0.1) is 6.92 Å². The summed E-state index contributed by atoms with van der Waals surface area (Å²) in [6.07, 6.45) is 0. The summed E-state index contributed by atoms with van der Waals surface area (Å²) < 4.78 is 5.46. The Labute approximate surface area is 126 Å². The van der Waals surface area contributed by atoms with Crippen molar-refractivity contribution in [2.45, 2.75) is 6.92 Å². The normalized spacial score (nSPS) is 19.4. The second kappa shape index (κ2) is 5.93. The Bertz CT molecular complexity index is 525. The quantitative estimate of drug-likeness (QED) is 0.829. The summed E-state index contributed by atoms with van der Waals surface area (Å²) in [5.41, 5.74) is 3.52. The van der Waals surface area contributed by atoms with Gasteiger partial charge >= 0.3 is 0 Å². The van der Waals surface area contributed by atoms with Crippen molar-refractivity contribution in [3.63, 3.8) is 0 Å². The molecule has 0 aromatic heterocycles. The Kier molecular flexibility index (Phi) is 4.01. The molecule has 0 aliphatic carbocycles. The Morgan fingerprint density at radius 1 is 1.00 bits per heavy atom. The molecule has 0 atom stereocenters. The molecular formula is C16H24N4O. The number of likely N-dealkylation sites (N-methyl/N-ethyl adjacent to an activating group) is 2. The van der Waals surface area contributed by atoms with Gasteiger partial charge in [-0.3, -0.25) is 0 Å². The molecule has 0 N–H and O–H groups in total. The number of aliphatic imine (C=N–C) groups is 1. The number of aryl methyl sites for hydroxylation is 1. The number of hydrogen-bond donors (Lipinski definition) is 0. The first kappa shape index (κ1) is 14.2. The maximum absolute atomic E-state index is 5.46. The van der Waals surface area contributed by atoms with Crippen LogP contribution in [0.4, 0.5) is 11.4 Å². The number of hydrogen-bond acceptors (Lipinski definition) is 3. The van der Waals surface area contributed by atoms with Crippen LogP contribution in [0.1, 0.15) is 5.56 Å². The standard InChI is InChI=1S/C16H24N4O/c1-13-4-5-15(20-8-10-21-11-9-20)14(12-13)17-16-18(2)6-7-19(16)3/h4-5,12H,6-11H2,1-3H3. The van der Waals surface area contributed by atoms with Crippen molar-refractivity contribution in [2.75, 3.05) is 58.4 Å². The van der Waals surface area contributed by atoms with Gasteiger partial charge in [0.25, 0.3) is 0 Å². The van der Waals surface area contributed by atoms with Gasteiger partial charge in [0.2, 0.25) is 5.96 Å². The summed E-state index contributed by atoms with van der Waals surface area (Å²) in [7, 11) is 4.21. The first-order valence-electron chi connectivity index (χ1n) is 7.59. The lowest BCUT2D eigenvalue weighted by Gasteiger charge is -2.30. The van der Waals surface area contributed by atoms with Gasteiger partial charge in [-0.2, -0.15) is 0 Å². The molecule has 0 radical (unpaired) electrons. The predicted molar refractivity (Wildman–Crippen MR) is 86.6 cm³/mol. The van der Waals surface area contributed by atoms with E-state index in [9.17, 15) is 0 Å². The van der Waals surface area contributed by atoms with Crippen molar-refractivity contribution in [2.24, 2.45) is 4.99 Å². The molecule has 3 rings (SSSR count). The van der Waals surface area contributed by atoms with Gasteiger partial charge in [0.05, 0.1) is 24.6 Å². The average Bonchev–Trinajstić information content (AvgIpc) is 2.80. The van der Waals surface area contributed by atoms with Gasteiger partial charge < -0.3 is 19.4 Å². The van der Waals surface area contributed by atoms with Crippen LogP contribution < -0.4 is 4.90 Å². The summed E-state index contributed by atoms with van der Waals surface area (Å²) in [4.78, 5) is 11.7. The van der Waals surface area contributed by atoms with E-state index in [1.807, 2.05) is 0 Å². The highest BCUT2D eigenvalue weighted by Gasteiger charge is 2.21. The number of anilines is 1. The summed E-state index contributed by atoms with van der Waals surface area (Å²) in [6.45, 7) is 7.66. The van der Waals surface area contributed by atoms with Gasteiger partial charge in [0, 0.05) is 40.3 Å². The van der Waals surface area contributed by atoms with E-state index in [2.05, 4.69) is 53.9 Å². The van der Waals surface area contributed by atoms with E-state index in [0.717, 1.165) is 51.0 Å². The Morgan fingerprint density at radius 3 is 2.33 bits per heavy atom. The second-order valence-corrected chi connectivity index (χ2v) is 5.85. The Hall–Kier alpha value is -1.75. The molecular weight excluding hydrogens is 264 g/mol. The van der Waals surface area contributed by atoms with E-state index < -0.39 is 0 Å². The SMILES string of the molecule is Cc1ccc(N2CCOCC2)c(N=C2N(C)CCN2C)c1. The molecule has 2 fully saturated rings. The van der Waals surface area contributed by atoms with Crippen LogP contribution in [0.5, 0.6) is 0 Å². The number of rotatable bonds is 2. The molecule has 0 unspecified atom stereocenters. The first-order chi connectivity index (χ1) is 10.1. The minimum absolute atomic E-state index is 0.795. The lowest BCUT2D eigenvalue weighted by molar-refractivity contribution is 0.123. The van der Waals surface area contributed by atoms with Crippen LogP contribution >= 0.6 is 0 Å². The van der Waals surface area contributed by atoms with E-state index in [1.54, 1.807) is 0 Å². The molecule has 21 heavy (non-hydrogen) atoms. The highest BCUT2D eigenvalue weighted by atomic mass is 16.5. The molecule has 5 heteroatoms. The van der Waals surface area contributed by atoms with Crippen molar-refractivity contribution in [1.82, 2.24) is 9.80 Å². The van der Waals surface area contributed by atoms with Crippen molar-refractivity contribution < 1.29 is 4.74 Å². The summed E-state index contributed by atoms with van der Waals surface area (Å²) >= 11 is 0. The molecule has 2 aliphatic heterocycles. The van der Waals surface area contributed by atoms with E-state index >= 15 is 0 Å². The van der Waals surface area contributed by atoms with Gasteiger partial charge in [0.1, 0.15) is 0 Å². The van der Waals surface area contributed by atoms with Gasteiger partial charge in [-0.15, -0.1) is 0 Å². The van der Waals surface area contributed by atoms with Crippen LogP contribution in [0.2, 0.25) is 0 Å². The number of benzene rings is 1. The second-order valence-electron chi connectivity index (χ2n) is 5.85. The number of morpholine rings is 1. The molecule has 2 saturated heterocycles. The summed E-state index contributed by atoms with van der Waals surface area (Å²) in [5.74, 6) is 1.05. The van der Waals surface area contributed by atoms with Crippen LogP contribution in [-0.4, -0.2) is 69.2 Å². The third-order valence-corrected chi connectivity index (χ3v) is 4.16. The predicted octanol–water partition coefficient (Wildman–Crippen LogP) is 1.70. The summed E-state index contributed by atoms with van der Waals surface area (Å²) in [6, 6.07) is 6.53. The van der Waals surface area contributed by atoms with Crippen LogP contribution in [0.15, 0.2) is 23.2 Å². The van der Waals surface area contributed by atoms with Crippen LogP contribution in [-0.2, 0) is 4.74 Å². The zero-order chi connectivity index (χ0) is 14.8. The van der Waals surface area contributed by atoms with Crippen molar-refractivity contribution >= 4 is 17.3 Å². The van der Waals surface area contributed by atoms with Gasteiger partial charge in [0.15, 0.2) is 0 Å². The highest BCUT2D eigenvalue weighted by molar-refractivity contribution is 5.86. The lowest BCUT2D eigenvalue weighted by atomic mass is 10.1. The molecule has 0 spiro atoms. The largest absolute Gasteiger partial charge is 0.378 e. The topological polar surface area (TPSA) is 31.3 Å². The lowest BCUT2D eigenvalue weighted by Crippen LogP contribution is -2.36. The van der Waals surface area contributed by atoms with Gasteiger partial charge in [-0.1, -0.05) is 6.07 Å². The summed E-state index contributed by atoms with van der Waals surface area (Å²) in [5, 5.41) is 0. The molecule has 0 bridgehead atoms.